The van der Waals surface area contributed by atoms with Crippen LogP contribution in [0.4, 0.5) is 5.95 Å². The second-order valence-corrected chi connectivity index (χ2v) is 5.01. The smallest absolute Gasteiger partial charge is 0.239 e. The molecule has 1 amide bonds. The van der Waals surface area contributed by atoms with Gasteiger partial charge >= 0.3 is 0 Å². The zero-order valence-corrected chi connectivity index (χ0v) is 13.4. The monoisotopic (exact) mass is 333 g/mol. The molecule has 2 aliphatic rings. The average molecular weight is 334 g/mol. The highest BCUT2D eigenvalue weighted by atomic mass is 35.5. The van der Waals surface area contributed by atoms with Crippen LogP contribution in [0.3, 0.4) is 0 Å². The molecule has 1 aromatic heterocycles. The van der Waals surface area contributed by atoms with Gasteiger partial charge in [-0.05, 0) is 25.5 Å². The summed E-state index contributed by atoms with van der Waals surface area (Å²) in [6.45, 7) is 4.10. The first-order chi connectivity index (χ1) is 9.34. The lowest BCUT2D eigenvalue weighted by Gasteiger charge is -2.35. The van der Waals surface area contributed by atoms with Gasteiger partial charge in [0, 0.05) is 38.6 Å². The maximum absolute atomic E-state index is 12.3. The van der Waals surface area contributed by atoms with Crippen molar-refractivity contribution >= 4 is 36.7 Å². The number of hydrogen-bond acceptors (Lipinski definition) is 5. The second kappa shape index (κ2) is 8.36. The summed E-state index contributed by atoms with van der Waals surface area (Å²) >= 11 is 0. The number of nitrogens with zero attached hydrogens (tertiary/aromatic N) is 4. The third-order valence-corrected chi connectivity index (χ3v) is 3.78. The van der Waals surface area contributed by atoms with Crippen LogP contribution in [-0.4, -0.2) is 59.5 Å². The Labute approximate surface area is 137 Å². The fraction of sp³-hybridized carbons (Fsp3) is 0.615. The van der Waals surface area contributed by atoms with Gasteiger partial charge in [-0.2, -0.15) is 0 Å². The molecule has 2 saturated heterocycles. The number of carbonyl (C=O) groups excluding carboxylic acids is 1. The SMILES string of the molecule is Cl.Cl.O=C([C@@H]1CCCN1)N1CCN(c2ncccn2)CC1. The van der Waals surface area contributed by atoms with Gasteiger partial charge in [0.1, 0.15) is 0 Å². The highest BCUT2D eigenvalue weighted by Crippen LogP contribution is 2.13. The molecule has 0 bridgehead atoms. The Morgan fingerprint density at radius 3 is 2.38 bits per heavy atom. The van der Waals surface area contributed by atoms with Crippen LogP contribution in [0, 0.1) is 0 Å². The fourth-order valence-electron chi connectivity index (χ4n) is 2.70. The second-order valence-electron chi connectivity index (χ2n) is 5.01. The van der Waals surface area contributed by atoms with Crippen molar-refractivity contribution in [1.82, 2.24) is 20.2 Å². The lowest BCUT2D eigenvalue weighted by molar-refractivity contribution is -0.133. The highest BCUT2D eigenvalue weighted by Gasteiger charge is 2.29. The molecule has 2 fully saturated rings. The zero-order chi connectivity index (χ0) is 13.1. The molecule has 1 N–H and O–H groups in total. The number of amides is 1. The summed E-state index contributed by atoms with van der Waals surface area (Å²) in [6.07, 6.45) is 5.58. The molecule has 0 aliphatic carbocycles. The third-order valence-electron chi connectivity index (χ3n) is 3.78. The Morgan fingerprint density at radius 2 is 1.81 bits per heavy atom. The maximum Gasteiger partial charge on any atom is 0.239 e. The number of nitrogens with one attached hydrogen (secondary N) is 1. The van der Waals surface area contributed by atoms with Crippen molar-refractivity contribution in [2.24, 2.45) is 0 Å². The molecule has 1 atom stereocenters. The molecule has 0 unspecified atom stereocenters. The fourth-order valence-corrected chi connectivity index (χ4v) is 2.70. The van der Waals surface area contributed by atoms with Crippen molar-refractivity contribution in [2.45, 2.75) is 18.9 Å². The van der Waals surface area contributed by atoms with E-state index in [1.807, 2.05) is 11.0 Å². The first-order valence-electron chi connectivity index (χ1n) is 6.89. The lowest BCUT2D eigenvalue weighted by atomic mass is 10.2. The van der Waals surface area contributed by atoms with Crippen LogP contribution in [0.15, 0.2) is 18.5 Å². The zero-order valence-electron chi connectivity index (χ0n) is 11.8. The first-order valence-corrected chi connectivity index (χ1v) is 6.89. The van der Waals surface area contributed by atoms with Crippen LogP contribution in [0.5, 0.6) is 0 Å². The Bertz CT molecular complexity index is 433. The summed E-state index contributed by atoms with van der Waals surface area (Å²) < 4.78 is 0. The van der Waals surface area contributed by atoms with Gasteiger partial charge in [-0.1, -0.05) is 0 Å². The normalized spacial score (nSPS) is 21.4. The molecule has 0 saturated carbocycles. The molecule has 3 heterocycles. The van der Waals surface area contributed by atoms with Crippen LogP contribution in [0.1, 0.15) is 12.8 Å². The van der Waals surface area contributed by atoms with Crippen LogP contribution >= 0.6 is 24.8 Å². The molecule has 118 valence electrons. The topological polar surface area (TPSA) is 61.4 Å². The molecule has 8 heteroatoms. The molecule has 6 nitrogen and oxygen atoms in total. The van der Waals surface area contributed by atoms with Crippen molar-refractivity contribution in [2.75, 3.05) is 37.6 Å². The van der Waals surface area contributed by atoms with Gasteiger partial charge in [0.25, 0.3) is 0 Å². The van der Waals surface area contributed by atoms with E-state index in [1.165, 1.54) is 0 Å². The molecule has 0 radical (unpaired) electrons. The third kappa shape index (κ3) is 4.18. The molecule has 0 spiro atoms. The predicted octanol–water partition coefficient (Wildman–Crippen LogP) is 0.721. The summed E-state index contributed by atoms with van der Waals surface area (Å²) in [7, 11) is 0. The summed E-state index contributed by atoms with van der Waals surface area (Å²) in [5.41, 5.74) is 0. The van der Waals surface area contributed by atoms with Gasteiger partial charge in [-0.3, -0.25) is 4.79 Å². The summed E-state index contributed by atoms with van der Waals surface area (Å²) in [5, 5.41) is 3.27. The molecule has 0 aromatic carbocycles. The van der Waals surface area contributed by atoms with E-state index in [9.17, 15) is 4.79 Å². The number of halogens is 2. The molecule has 3 rings (SSSR count). The standard InChI is InChI=1S/C13H19N5O.2ClH/c19-12(11-3-1-4-14-11)17-7-9-18(10-8-17)13-15-5-2-6-16-13;;/h2,5-6,11,14H,1,3-4,7-10H2;2*1H/t11-;;/m0../s1. The minimum Gasteiger partial charge on any atom is -0.338 e. The first kappa shape index (κ1) is 17.9. The minimum absolute atomic E-state index is 0. The van der Waals surface area contributed by atoms with Crippen molar-refractivity contribution in [3.05, 3.63) is 18.5 Å². The summed E-state index contributed by atoms with van der Waals surface area (Å²) in [6, 6.07) is 1.86. The summed E-state index contributed by atoms with van der Waals surface area (Å²) in [5.74, 6) is 1.01. The van der Waals surface area contributed by atoms with E-state index < -0.39 is 0 Å². The van der Waals surface area contributed by atoms with Gasteiger partial charge in [0.2, 0.25) is 11.9 Å². The molecular weight excluding hydrogens is 313 g/mol. The van der Waals surface area contributed by atoms with Crippen LogP contribution < -0.4 is 10.2 Å². The quantitative estimate of drug-likeness (QED) is 0.864. The number of aromatic nitrogens is 2. The number of piperazine rings is 1. The van der Waals surface area contributed by atoms with E-state index in [2.05, 4.69) is 20.2 Å². The van der Waals surface area contributed by atoms with Crippen LogP contribution in [0.25, 0.3) is 0 Å². The van der Waals surface area contributed by atoms with Crippen molar-refractivity contribution < 1.29 is 4.79 Å². The Hall–Kier alpha value is -1.11. The number of anilines is 1. The van der Waals surface area contributed by atoms with E-state index in [0.29, 0.717) is 0 Å². The van der Waals surface area contributed by atoms with E-state index in [4.69, 9.17) is 0 Å². The Kier molecular flexibility index (Phi) is 7.14. The highest BCUT2D eigenvalue weighted by molar-refractivity contribution is 5.85. The number of rotatable bonds is 2. The van der Waals surface area contributed by atoms with Gasteiger partial charge < -0.3 is 15.1 Å². The predicted molar refractivity (Wildman–Crippen MR) is 86.3 cm³/mol. The molecule has 21 heavy (non-hydrogen) atoms. The van der Waals surface area contributed by atoms with E-state index in [0.717, 1.165) is 51.5 Å². The summed E-state index contributed by atoms with van der Waals surface area (Å²) in [4.78, 5) is 24.8. The molecule has 2 aliphatic heterocycles. The number of hydrogen-bond donors (Lipinski definition) is 1. The van der Waals surface area contributed by atoms with Crippen molar-refractivity contribution in [3.8, 4) is 0 Å². The van der Waals surface area contributed by atoms with E-state index >= 15 is 0 Å². The Morgan fingerprint density at radius 1 is 1.14 bits per heavy atom. The average Bonchev–Trinajstić information content (AvgIpc) is 3.02. The minimum atomic E-state index is 0. The van der Waals surface area contributed by atoms with Crippen molar-refractivity contribution in [1.29, 1.82) is 0 Å². The van der Waals surface area contributed by atoms with E-state index in [1.54, 1.807) is 12.4 Å². The van der Waals surface area contributed by atoms with Crippen LogP contribution in [0.2, 0.25) is 0 Å². The van der Waals surface area contributed by atoms with Crippen molar-refractivity contribution in [3.63, 3.8) is 0 Å². The van der Waals surface area contributed by atoms with Gasteiger partial charge in [-0.15, -0.1) is 24.8 Å². The van der Waals surface area contributed by atoms with Gasteiger partial charge in [-0.25, -0.2) is 9.97 Å². The van der Waals surface area contributed by atoms with E-state index in [-0.39, 0.29) is 36.8 Å². The number of carbonyl (C=O) groups is 1. The molecule has 1 aromatic rings. The van der Waals surface area contributed by atoms with Gasteiger partial charge in [0.05, 0.1) is 6.04 Å². The Balaban J connectivity index is 0.00000110. The van der Waals surface area contributed by atoms with Gasteiger partial charge in [0.15, 0.2) is 0 Å². The molecular formula is C13H21Cl2N5O. The maximum atomic E-state index is 12.3. The lowest BCUT2D eigenvalue weighted by Crippen LogP contribution is -2.53. The largest absolute Gasteiger partial charge is 0.338 e. The van der Waals surface area contributed by atoms with Crippen LogP contribution in [-0.2, 0) is 4.79 Å².